The van der Waals surface area contributed by atoms with E-state index in [0.29, 0.717) is 59.2 Å². The van der Waals surface area contributed by atoms with Crippen LogP contribution in [0.2, 0.25) is 0 Å². The predicted octanol–water partition coefficient (Wildman–Crippen LogP) is 6.86. The van der Waals surface area contributed by atoms with Crippen LogP contribution in [0.5, 0.6) is 5.75 Å². The molecule has 2 aromatic carbocycles. The van der Waals surface area contributed by atoms with E-state index in [-0.39, 0.29) is 22.9 Å². The summed E-state index contributed by atoms with van der Waals surface area (Å²) in [7, 11) is 0. The third-order valence-electron chi connectivity index (χ3n) is 8.44. The zero-order chi connectivity index (χ0) is 30.5. The molecule has 1 atom stereocenters. The highest BCUT2D eigenvalue weighted by molar-refractivity contribution is 6.09. The van der Waals surface area contributed by atoms with Crippen LogP contribution in [-0.2, 0) is 0 Å². The van der Waals surface area contributed by atoms with Crippen molar-refractivity contribution in [3.63, 3.8) is 0 Å². The molecule has 1 saturated heterocycles. The number of benzene rings is 2. The number of hydrogen-bond acceptors (Lipinski definition) is 6. The van der Waals surface area contributed by atoms with Crippen molar-refractivity contribution >= 4 is 16.7 Å². The van der Waals surface area contributed by atoms with Gasteiger partial charge in [-0.05, 0) is 69.0 Å². The summed E-state index contributed by atoms with van der Waals surface area (Å²) in [6, 6.07) is 14.3. The number of halogens is 2. The first-order chi connectivity index (χ1) is 20.6. The fourth-order valence-corrected chi connectivity index (χ4v) is 5.91. The lowest BCUT2D eigenvalue weighted by Gasteiger charge is -2.39. The molecular weight excluding hydrogens is 546 g/mol. The van der Waals surface area contributed by atoms with Crippen molar-refractivity contribution in [2.75, 3.05) is 18.0 Å². The van der Waals surface area contributed by atoms with E-state index in [1.54, 1.807) is 24.4 Å². The van der Waals surface area contributed by atoms with Crippen molar-refractivity contribution in [3.8, 4) is 34.1 Å². The lowest BCUT2D eigenvalue weighted by atomic mass is 9.89. The minimum Gasteiger partial charge on any atom is -0.506 e. The number of phenols is 1. The first kappa shape index (κ1) is 28.3. The number of rotatable bonds is 5. The molecule has 43 heavy (non-hydrogen) atoms. The molecule has 0 aliphatic carbocycles. The number of para-hydroxylation sites is 1. The summed E-state index contributed by atoms with van der Waals surface area (Å²) in [5.74, 6) is -1.53. The maximum absolute atomic E-state index is 14.5. The topological polar surface area (TPSA) is 104 Å². The van der Waals surface area contributed by atoms with Gasteiger partial charge in [0.2, 0.25) is 0 Å². The summed E-state index contributed by atoms with van der Waals surface area (Å²) in [6.45, 7) is 7.25. The summed E-state index contributed by atoms with van der Waals surface area (Å²) < 4.78 is 31.1. The zero-order valence-corrected chi connectivity index (χ0v) is 24.3. The van der Waals surface area contributed by atoms with E-state index >= 15 is 0 Å². The van der Waals surface area contributed by atoms with Gasteiger partial charge in [-0.1, -0.05) is 18.2 Å². The predicted molar refractivity (Wildman–Crippen MR) is 164 cm³/mol. The normalized spacial score (nSPS) is 15.4. The van der Waals surface area contributed by atoms with Crippen molar-refractivity contribution < 1.29 is 13.9 Å². The minimum atomic E-state index is -0.689. The molecule has 0 unspecified atom stereocenters. The molecule has 9 heteroatoms. The number of pyridine rings is 2. The minimum absolute atomic E-state index is 0.140. The second kappa shape index (κ2) is 10.8. The largest absolute Gasteiger partial charge is 0.506 e. The Labute approximate surface area is 248 Å². The molecule has 218 valence electrons. The Bertz CT molecular complexity index is 1860. The van der Waals surface area contributed by atoms with Crippen LogP contribution in [0.15, 0.2) is 67.1 Å². The van der Waals surface area contributed by atoms with Gasteiger partial charge in [0.25, 0.3) is 0 Å². The fraction of sp³-hybridized carbons (Fsp3) is 0.265. The SMILES string of the molecule is Cc1ccc([C@H](C)n2cc(-c3cccc(C#N)c3O)c3c(N4CCC(C)(N)CC4)c(-c4cc(F)cc(F)c4)cnc32)nc1. The van der Waals surface area contributed by atoms with E-state index in [4.69, 9.17) is 10.7 Å². The van der Waals surface area contributed by atoms with Gasteiger partial charge >= 0.3 is 0 Å². The van der Waals surface area contributed by atoms with Crippen LogP contribution in [-0.4, -0.2) is 38.3 Å². The highest BCUT2D eigenvalue weighted by Gasteiger charge is 2.31. The number of aromatic hydroxyl groups is 1. The molecule has 6 rings (SSSR count). The van der Waals surface area contributed by atoms with Crippen LogP contribution in [0.3, 0.4) is 0 Å². The van der Waals surface area contributed by atoms with Crippen molar-refractivity contribution in [2.24, 2.45) is 5.73 Å². The van der Waals surface area contributed by atoms with E-state index < -0.39 is 11.6 Å². The number of phenolic OH excluding ortho intramolecular Hbond substituents is 1. The van der Waals surface area contributed by atoms with Gasteiger partial charge in [-0.15, -0.1) is 0 Å². The second-order valence-electron chi connectivity index (χ2n) is 11.7. The number of aryl methyl sites for hydroxylation is 1. The van der Waals surface area contributed by atoms with Gasteiger partial charge < -0.3 is 20.3 Å². The van der Waals surface area contributed by atoms with E-state index in [9.17, 15) is 19.1 Å². The Hall–Kier alpha value is -4.81. The molecule has 4 heterocycles. The molecule has 3 N–H and O–H groups in total. The summed E-state index contributed by atoms with van der Waals surface area (Å²) >= 11 is 0. The highest BCUT2D eigenvalue weighted by atomic mass is 19.1. The number of aromatic nitrogens is 3. The maximum Gasteiger partial charge on any atom is 0.143 e. The van der Waals surface area contributed by atoms with Gasteiger partial charge in [-0.3, -0.25) is 4.98 Å². The van der Waals surface area contributed by atoms with E-state index in [2.05, 4.69) is 16.0 Å². The number of nitrogens with two attached hydrogens (primary N) is 1. The van der Waals surface area contributed by atoms with Gasteiger partial charge in [0.05, 0.1) is 28.4 Å². The Morgan fingerprint density at radius 2 is 1.72 bits per heavy atom. The molecule has 7 nitrogen and oxygen atoms in total. The van der Waals surface area contributed by atoms with Crippen LogP contribution < -0.4 is 10.6 Å². The van der Waals surface area contributed by atoms with Gasteiger partial charge in [-0.2, -0.15) is 5.26 Å². The molecule has 5 aromatic rings. The molecule has 3 aromatic heterocycles. The molecule has 1 aliphatic heterocycles. The highest BCUT2D eigenvalue weighted by Crippen LogP contribution is 2.47. The van der Waals surface area contributed by atoms with Crippen molar-refractivity contribution in [1.29, 1.82) is 5.26 Å². The standard InChI is InChI=1S/C34H32F2N6O/c1-20-7-8-29(39-17-20)21(2)42-19-28(26-6-4-5-22(16-37)32(26)43)30-31(41-11-9-34(3,38)10-12-41)27(18-40-33(30)42)23-13-24(35)15-25(36)14-23/h4-8,13-15,17-19,21,43H,9-12,38H2,1-3H3/t21-/m0/s1. The third-order valence-corrected chi connectivity index (χ3v) is 8.44. The zero-order valence-electron chi connectivity index (χ0n) is 24.3. The lowest BCUT2D eigenvalue weighted by molar-refractivity contribution is 0.364. The van der Waals surface area contributed by atoms with Gasteiger partial charge in [-0.25, -0.2) is 13.8 Å². The molecule has 1 aliphatic rings. The van der Waals surface area contributed by atoms with E-state index in [0.717, 1.165) is 23.0 Å². The molecule has 0 bridgehead atoms. The molecule has 0 spiro atoms. The van der Waals surface area contributed by atoms with Crippen LogP contribution >= 0.6 is 0 Å². The number of nitrogens with zero attached hydrogens (tertiary/aromatic N) is 5. The number of nitriles is 1. The number of piperidine rings is 1. The van der Waals surface area contributed by atoms with Crippen molar-refractivity contribution in [2.45, 2.75) is 45.2 Å². The summed E-state index contributed by atoms with van der Waals surface area (Å²) in [5, 5.41) is 21.6. The smallest absolute Gasteiger partial charge is 0.143 e. The quantitative estimate of drug-likeness (QED) is 0.236. The van der Waals surface area contributed by atoms with Crippen LogP contribution in [0, 0.1) is 29.9 Å². The number of fused-ring (bicyclic) bond motifs is 1. The average molecular weight is 579 g/mol. The summed E-state index contributed by atoms with van der Waals surface area (Å²) in [5.41, 5.74) is 11.5. The summed E-state index contributed by atoms with van der Waals surface area (Å²) in [6.07, 6.45) is 6.80. The Morgan fingerprint density at radius 1 is 1.00 bits per heavy atom. The average Bonchev–Trinajstić information content (AvgIpc) is 3.36. The van der Waals surface area contributed by atoms with Gasteiger partial charge in [0.1, 0.15) is 29.1 Å². The number of anilines is 1. The molecule has 1 fully saturated rings. The third kappa shape index (κ3) is 5.19. The Kier molecular flexibility index (Phi) is 7.10. The Morgan fingerprint density at radius 3 is 2.37 bits per heavy atom. The molecule has 0 saturated carbocycles. The van der Waals surface area contributed by atoms with Gasteiger partial charge in [0, 0.05) is 60.0 Å². The van der Waals surface area contributed by atoms with Crippen molar-refractivity contribution in [1.82, 2.24) is 14.5 Å². The van der Waals surface area contributed by atoms with Crippen LogP contribution in [0.4, 0.5) is 14.5 Å². The molecular formula is C34H32F2N6O. The first-order valence-electron chi connectivity index (χ1n) is 14.2. The monoisotopic (exact) mass is 578 g/mol. The van der Waals surface area contributed by atoms with Crippen LogP contribution in [0.1, 0.15) is 49.6 Å². The molecule has 0 radical (unpaired) electrons. The maximum atomic E-state index is 14.5. The molecule has 0 amide bonds. The summed E-state index contributed by atoms with van der Waals surface area (Å²) in [4.78, 5) is 11.7. The first-order valence-corrected chi connectivity index (χ1v) is 14.2. The van der Waals surface area contributed by atoms with Crippen LogP contribution in [0.25, 0.3) is 33.3 Å². The van der Waals surface area contributed by atoms with Crippen molar-refractivity contribution in [3.05, 3.63) is 95.6 Å². The lowest BCUT2D eigenvalue weighted by Crippen LogP contribution is -2.48. The van der Waals surface area contributed by atoms with Gasteiger partial charge in [0.15, 0.2) is 0 Å². The fourth-order valence-electron chi connectivity index (χ4n) is 5.91. The second-order valence-corrected chi connectivity index (χ2v) is 11.7. The Balaban J connectivity index is 1.69. The van der Waals surface area contributed by atoms with E-state index in [1.807, 2.05) is 49.9 Å². The number of hydrogen-bond donors (Lipinski definition) is 2. The van der Waals surface area contributed by atoms with E-state index in [1.165, 1.54) is 12.1 Å².